The van der Waals surface area contributed by atoms with Crippen LogP contribution in [0, 0.1) is 5.92 Å². The molecule has 0 bridgehead atoms. The van der Waals surface area contributed by atoms with Gasteiger partial charge in [0.25, 0.3) is 0 Å². The van der Waals surface area contributed by atoms with Crippen molar-refractivity contribution in [2.75, 3.05) is 0 Å². The van der Waals surface area contributed by atoms with Crippen molar-refractivity contribution < 1.29 is 9.90 Å². The van der Waals surface area contributed by atoms with E-state index in [-0.39, 0.29) is 17.5 Å². The molecule has 0 aromatic carbocycles. The van der Waals surface area contributed by atoms with Gasteiger partial charge in [-0.05, 0) is 36.5 Å². The van der Waals surface area contributed by atoms with Gasteiger partial charge in [0.1, 0.15) is 5.56 Å². The molecule has 0 saturated heterocycles. The lowest BCUT2D eigenvalue weighted by Crippen LogP contribution is -2.31. The van der Waals surface area contributed by atoms with Gasteiger partial charge in [-0.25, -0.2) is 4.79 Å². The standard InChI is InChI=1S/C22H22N4O3/c1-12(2)17-11-26-21(16-9-18(27)15(22(28)29)10-25(16)17)19(13-5-7-23-8-6-13)20(24-26)14-3-4-14/h5-10,12,14,17H,3-4,11H2,1-2H3,(H,28,29)/t17-/m0/s1. The number of hydrogen-bond donors (Lipinski definition) is 1. The van der Waals surface area contributed by atoms with Crippen molar-refractivity contribution in [2.45, 2.75) is 45.2 Å². The summed E-state index contributed by atoms with van der Waals surface area (Å²) >= 11 is 0. The van der Waals surface area contributed by atoms with Crippen LogP contribution >= 0.6 is 0 Å². The monoisotopic (exact) mass is 390 g/mol. The van der Waals surface area contributed by atoms with E-state index >= 15 is 0 Å². The normalized spacial score (nSPS) is 17.8. The Kier molecular flexibility index (Phi) is 3.94. The molecule has 1 aliphatic carbocycles. The number of aromatic nitrogens is 4. The average molecular weight is 390 g/mol. The number of rotatable bonds is 4. The van der Waals surface area contributed by atoms with Crippen molar-refractivity contribution in [3.63, 3.8) is 0 Å². The molecule has 1 N–H and O–H groups in total. The molecule has 0 unspecified atom stereocenters. The van der Waals surface area contributed by atoms with E-state index in [0.717, 1.165) is 41.1 Å². The van der Waals surface area contributed by atoms with Gasteiger partial charge in [0.15, 0.2) is 5.43 Å². The predicted molar refractivity (Wildman–Crippen MR) is 108 cm³/mol. The zero-order valence-electron chi connectivity index (χ0n) is 16.4. The zero-order valence-corrected chi connectivity index (χ0v) is 16.4. The fourth-order valence-electron chi connectivity index (χ4n) is 4.29. The molecule has 148 valence electrons. The van der Waals surface area contributed by atoms with Gasteiger partial charge in [0, 0.05) is 36.1 Å². The first kappa shape index (κ1) is 17.8. The maximum atomic E-state index is 12.6. The predicted octanol–water partition coefficient (Wildman–Crippen LogP) is 3.56. The minimum absolute atomic E-state index is 0.0217. The Morgan fingerprint density at radius 1 is 1.24 bits per heavy atom. The van der Waals surface area contributed by atoms with Crippen LogP contribution in [0.4, 0.5) is 0 Å². The van der Waals surface area contributed by atoms with Crippen molar-refractivity contribution >= 4 is 5.97 Å². The summed E-state index contributed by atoms with van der Waals surface area (Å²) in [6, 6.07) is 5.42. The number of carboxylic acid groups (broad SMARTS) is 1. The number of aromatic carboxylic acids is 1. The topological polar surface area (TPSA) is 90.0 Å². The minimum atomic E-state index is -1.19. The van der Waals surface area contributed by atoms with Gasteiger partial charge in [-0.15, -0.1) is 0 Å². The lowest BCUT2D eigenvalue weighted by molar-refractivity contribution is 0.0694. The van der Waals surface area contributed by atoms with Gasteiger partial charge < -0.3 is 9.67 Å². The van der Waals surface area contributed by atoms with Crippen LogP contribution in [0.1, 0.15) is 54.7 Å². The second-order valence-electron chi connectivity index (χ2n) is 8.26. The second kappa shape index (κ2) is 6.40. The second-order valence-corrected chi connectivity index (χ2v) is 8.26. The molecule has 1 aliphatic heterocycles. The van der Waals surface area contributed by atoms with Gasteiger partial charge >= 0.3 is 5.97 Å². The summed E-state index contributed by atoms with van der Waals surface area (Å²) in [5.74, 6) is -0.504. The molecule has 0 radical (unpaired) electrons. The Hall–Kier alpha value is -3.22. The highest BCUT2D eigenvalue weighted by Gasteiger charge is 2.37. The zero-order chi connectivity index (χ0) is 20.3. The smallest absolute Gasteiger partial charge is 0.341 e. The maximum Gasteiger partial charge on any atom is 0.341 e. The van der Waals surface area contributed by atoms with E-state index in [4.69, 9.17) is 5.10 Å². The fourth-order valence-corrected chi connectivity index (χ4v) is 4.29. The molecular formula is C22H22N4O3. The molecule has 2 aliphatic rings. The Labute approximate surface area is 167 Å². The van der Waals surface area contributed by atoms with Crippen LogP contribution in [0.3, 0.4) is 0 Å². The number of hydrogen-bond acceptors (Lipinski definition) is 4. The quantitative estimate of drug-likeness (QED) is 0.736. The number of carbonyl (C=O) groups is 1. The highest BCUT2D eigenvalue weighted by molar-refractivity contribution is 5.88. The van der Waals surface area contributed by atoms with Crippen LogP contribution in [0.2, 0.25) is 0 Å². The Morgan fingerprint density at radius 2 is 1.97 bits per heavy atom. The minimum Gasteiger partial charge on any atom is -0.477 e. The lowest BCUT2D eigenvalue weighted by Gasteiger charge is -2.32. The molecule has 5 rings (SSSR count). The summed E-state index contributed by atoms with van der Waals surface area (Å²) in [6.07, 6.45) is 7.26. The van der Waals surface area contributed by atoms with Crippen molar-refractivity contribution in [3.8, 4) is 22.5 Å². The number of carboxylic acids is 1. The van der Waals surface area contributed by atoms with Crippen LogP contribution in [0.25, 0.3) is 22.5 Å². The van der Waals surface area contributed by atoms with Crippen LogP contribution in [-0.4, -0.2) is 30.4 Å². The summed E-state index contributed by atoms with van der Waals surface area (Å²) in [6.45, 7) is 4.85. The third-order valence-corrected chi connectivity index (χ3v) is 5.95. The maximum absolute atomic E-state index is 12.6. The molecule has 7 heteroatoms. The van der Waals surface area contributed by atoms with Gasteiger partial charge in [0.05, 0.1) is 29.7 Å². The van der Waals surface area contributed by atoms with Gasteiger partial charge in [-0.2, -0.15) is 5.10 Å². The van der Waals surface area contributed by atoms with E-state index in [2.05, 4.69) is 18.8 Å². The van der Waals surface area contributed by atoms with E-state index in [1.54, 1.807) is 12.4 Å². The SMILES string of the molecule is CC(C)[C@@H]1Cn2nc(C3CC3)c(-c3ccncc3)c2-c2cc(=O)c(C(=O)O)cn21. The Morgan fingerprint density at radius 3 is 2.59 bits per heavy atom. The molecule has 1 saturated carbocycles. The number of nitrogens with zero attached hydrogens (tertiary/aromatic N) is 4. The van der Waals surface area contributed by atoms with E-state index in [9.17, 15) is 14.7 Å². The highest BCUT2D eigenvalue weighted by atomic mass is 16.4. The summed E-state index contributed by atoms with van der Waals surface area (Å²) < 4.78 is 3.98. The fraction of sp³-hybridized carbons (Fsp3) is 0.364. The molecule has 29 heavy (non-hydrogen) atoms. The van der Waals surface area contributed by atoms with E-state index in [1.165, 1.54) is 12.3 Å². The van der Waals surface area contributed by atoms with Crippen LogP contribution in [0.15, 0.2) is 41.6 Å². The first-order chi connectivity index (χ1) is 14.0. The molecule has 7 nitrogen and oxygen atoms in total. The highest BCUT2D eigenvalue weighted by Crippen LogP contribution is 2.48. The van der Waals surface area contributed by atoms with Crippen molar-refractivity contribution in [1.82, 2.24) is 19.3 Å². The summed E-state index contributed by atoms with van der Waals surface area (Å²) in [5.41, 5.74) is 4.08. The molecular weight excluding hydrogens is 368 g/mol. The van der Waals surface area contributed by atoms with Crippen LogP contribution in [-0.2, 0) is 6.54 Å². The molecule has 3 aromatic rings. The molecule has 4 heterocycles. The van der Waals surface area contributed by atoms with Gasteiger partial charge in [-0.3, -0.25) is 14.5 Å². The Bertz CT molecular complexity index is 1170. The first-order valence-electron chi connectivity index (χ1n) is 9.96. The third kappa shape index (κ3) is 2.80. The summed E-state index contributed by atoms with van der Waals surface area (Å²) in [4.78, 5) is 28.3. The molecule has 0 spiro atoms. The van der Waals surface area contributed by atoms with Gasteiger partial charge in [0.2, 0.25) is 0 Å². The average Bonchev–Trinajstić information content (AvgIpc) is 3.47. The molecule has 0 amide bonds. The van der Waals surface area contributed by atoms with E-state index in [1.807, 2.05) is 21.4 Å². The van der Waals surface area contributed by atoms with E-state index < -0.39 is 11.4 Å². The molecule has 3 aromatic heterocycles. The third-order valence-electron chi connectivity index (χ3n) is 5.95. The largest absolute Gasteiger partial charge is 0.477 e. The lowest BCUT2D eigenvalue weighted by atomic mass is 9.95. The Balaban J connectivity index is 1.83. The summed E-state index contributed by atoms with van der Waals surface area (Å²) in [5, 5.41) is 14.4. The van der Waals surface area contributed by atoms with Crippen LogP contribution in [0.5, 0.6) is 0 Å². The first-order valence-corrected chi connectivity index (χ1v) is 9.96. The molecule has 1 fully saturated rings. The molecule has 1 atom stereocenters. The number of fused-ring (bicyclic) bond motifs is 3. The van der Waals surface area contributed by atoms with E-state index in [0.29, 0.717) is 12.5 Å². The van der Waals surface area contributed by atoms with Crippen molar-refractivity contribution in [2.24, 2.45) is 5.92 Å². The van der Waals surface area contributed by atoms with Crippen LogP contribution < -0.4 is 5.43 Å². The van der Waals surface area contributed by atoms with Crippen molar-refractivity contribution in [3.05, 3.63) is 58.3 Å². The van der Waals surface area contributed by atoms with Gasteiger partial charge in [-0.1, -0.05) is 13.8 Å². The number of pyridine rings is 2. The summed E-state index contributed by atoms with van der Waals surface area (Å²) in [7, 11) is 0. The van der Waals surface area contributed by atoms with Crippen molar-refractivity contribution in [1.29, 1.82) is 0 Å².